The van der Waals surface area contributed by atoms with Crippen LogP contribution in [0.1, 0.15) is 10.4 Å². The molecule has 0 aliphatic rings. The zero-order chi connectivity index (χ0) is 20.8. The average Bonchev–Trinajstić information content (AvgIpc) is 2.75. The number of anilines is 1. The number of hydrogen-bond donors (Lipinski definition) is 1. The molecule has 0 heterocycles. The predicted octanol–water partition coefficient (Wildman–Crippen LogP) is 4.90. The van der Waals surface area contributed by atoms with Crippen molar-refractivity contribution in [2.75, 3.05) is 26.6 Å². The average molecular weight is 397 g/mol. The Kier molecular flexibility index (Phi) is 6.19. The second kappa shape index (κ2) is 8.97. The van der Waals surface area contributed by atoms with Crippen molar-refractivity contribution in [2.24, 2.45) is 0 Å². The van der Waals surface area contributed by atoms with Gasteiger partial charge < -0.3 is 24.3 Å². The second-order valence-corrected chi connectivity index (χ2v) is 5.95. The van der Waals surface area contributed by atoms with E-state index in [-0.39, 0.29) is 11.7 Å². The molecule has 6 nitrogen and oxygen atoms in total. The van der Waals surface area contributed by atoms with Crippen LogP contribution in [0.5, 0.6) is 28.7 Å². The Labute approximate surface area is 167 Å². The molecule has 0 aliphatic heterocycles. The topological polar surface area (TPSA) is 66.0 Å². The monoisotopic (exact) mass is 397 g/mol. The van der Waals surface area contributed by atoms with Crippen LogP contribution in [0.3, 0.4) is 0 Å². The Morgan fingerprint density at radius 3 is 1.79 bits per heavy atom. The molecule has 3 aromatic rings. The van der Waals surface area contributed by atoms with E-state index in [1.54, 1.807) is 36.4 Å². The Morgan fingerprint density at radius 2 is 1.31 bits per heavy atom. The van der Waals surface area contributed by atoms with E-state index in [4.69, 9.17) is 18.9 Å². The van der Waals surface area contributed by atoms with Crippen LogP contribution in [0.2, 0.25) is 0 Å². The van der Waals surface area contributed by atoms with Crippen molar-refractivity contribution in [3.63, 3.8) is 0 Å². The summed E-state index contributed by atoms with van der Waals surface area (Å²) in [6.07, 6.45) is 0. The Bertz CT molecular complexity index is 962. The lowest BCUT2D eigenvalue weighted by Gasteiger charge is -2.14. The fourth-order valence-corrected chi connectivity index (χ4v) is 2.67. The van der Waals surface area contributed by atoms with Gasteiger partial charge >= 0.3 is 0 Å². The van der Waals surface area contributed by atoms with E-state index in [1.807, 2.05) is 0 Å². The molecule has 29 heavy (non-hydrogen) atoms. The van der Waals surface area contributed by atoms with Crippen LogP contribution in [0.15, 0.2) is 60.7 Å². The van der Waals surface area contributed by atoms with Crippen molar-refractivity contribution in [3.05, 3.63) is 72.0 Å². The van der Waals surface area contributed by atoms with Crippen molar-refractivity contribution in [3.8, 4) is 28.7 Å². The summed E-state index contributed by atoms with van der Waals surface area (Å²) >= 11 is 0. The molecule has 0 saturated heterocycles. The summed E-state index contributed by atoms with van der Waals surface area (Å²) in [5, 5.41) is 2.80. The quantitative estimate of drug-likeness (QED) is 0.615. The van der Waals surface area contributed by atoms with Gasteiger partial charge in [-0.05, 0) is 48.5 Å². The molecule has 0 unspecified atom stereocenters. The molecule has 3 aromatic carbocycles. The van der Waals surface area contributed by atoms with Crippen LogP contribution >= 0.6 is 0 Å². The predicted molar refractivity (Wildman–Crippen MR) is 107 cm³/mol. The number of hydrogen-bond acceptors (Lipinski definition) is 5. The van der Waals surface area contributed by atoms with E-state index in [0.717, 1.165) is 0 Å². The first-order valence-corrected chi connectivity index (χ1v) is 8.69. The highest BCUT2D eigenvalue weighted by atomic mass is 19.1. The number of amides is 1. The van der Waals surface area contributed by atoms with Gasteiger partial charge in [-0.15, -0.1) is 0 Å². The van der Waals surface area contributed by atoms with Crippen molar-refractivity contribution < 1.29 is 28.1 Å². The van der Waals surface area contributed by atoms with Crippen LogP contribution in [0.25, 0.3) is 0 Å². The number of nitrogens with one attached hydrogen (secondary N) is 1. The van der Waals surface area contributed by atoms with E-state index in [9.17, 15) is 9.18 Å². The summed E-state index contributed by atoms with van der Waals surface area (Å²) in [7, 11) is 4.51. The zero-order valence-corrected chi connectivity index (χ0v) is 16.2. The van der Waals surface area contributed by atoms with E-state index in [0.29, 0.717) is 40.0 Å². The first-order chi connectivity index (χ1) is 14.0. The summed E-state index contributed by atoms with van der Waals surface area (Å²) in [4.78, 5) is 12.6. The third-order valence-corrected chi connectivity index (χ3v) is 4.09. The summed E-state index contributed by atoms with van der Waals surface area (Å²) in [5.74, 6) is 1.69. The molecule has 1 amide bonds. The molecule has 150 valence electrons. The number of carbonyl (C=O) groups is 1. The van der Waals surface area contributed by atoms with Crippen LogP contribution in [0, 0.1) is 5.82 Å². The van der Waals surface area contributed by atoms with Gasteiger partial charge in [-0.1, -0.05) is 0 Å². The number of benzene rings is 3. The Hall–Kier alpha value is -3.74. The molecular weight excluding hydrogens is 377 g/mol. The van der Waals surface area contributed by atoms with Gasteiger partial charge in [0.25, 0.3) is 5.91 Å². The van der Waals surface area contributed by atoms with E-state index in [1.165, 1.54) is 45.6 Å². The van der Waals surface area contributed by atoms with E-state index in [2.05, 4.69) is 5.32 Å². The number of methoxy groups -OCH3 is 3. The van der Waals surface area contributed by atoms with E-state index < -0.39 is 0 Å². The van der Waals surface area contributed by atoms with Crippen LogP contribution in [-0.2, 0) is 0 Å². The smallest absolute Gasteiger partial charge is 0.255 e. The Balaban J connectivity index is 1.73. The minimum atomic E-state index is -0.337. The highest BCUT2D eigenvalue weighted by Gasteiger charge is 2.15. The molecule has 0 bridgehead atoms. The van der Waals surface area contributed by atoms with Gasteiger partial charge in [0.1, 0.15) is 17.3 Å². The molecule has 3 rings (SSSR count). The molecule has 1 N–H and O–H groups in total. The molecule has 0 spiro atoms. The summed E-state index contributed by atoms with van der Waals surface area (Å²) in [6, 6.07) is 15.6. The minimum absolute atomic E-state index is 0.312. The van der Waals surface area contributed by atoms with Crippen molar-refractivity contribution >= 4 is 11.6 Å². The lowest BCUT2D eigenvalue weighted by atomic mass is 10.2. The first-order valence-electron chi connectivity index (χ1n) is 8.69. The van der Waals surface area contributed by atoms with Gasteiger partial charge in [0.05, 0.1) is 21.3 Å². The number of ether oxygens (including phenoxy) is 4. The Morgan fingerprint density at radius 1 is 0.793 bits per heavy atom. The van der Waals surface area contributed by atoms with Crippen LogP contribution in [0.4, 0.5) is 10.1 Å². The van der Waals surface area contributed by atoms with Crippen molar-refractivity contribution in [1.29, 1.82) is 0 Å². The van der Waals surface area contributed by atoms with Crippen molar-refractivity contribution in [2.45, 2.75) is 0 Å². The highest BCUT2D eigenvalue weighted by Crippen LogP contribution is 2.40. The maximum atomic E-state index is 13.0. The maximum absolute atomic E-state index is 13.0. The van der Waals surface area contributed by atoms with Gasteiger partial charge in [-0.2, -0.15) is 0 Å². The molecule has 0 aromatic heterocycles. The lowest BCUT2D eigenvalue weighted by Crippen LogP contribution is -2.12. The van der Waals surface area contributed by atoms with Crippen molar-refractivity contribution in [1.82, 2.24) is 0 Å². The molecule has 0 saturated carbocycles. The third-order valence-electron chi connectivity index (χ3n) is 4.09. The first kappa shape index (κ1) is 20.0. The third kappa shape index (κ3) is 4.76. The summed E-state index contributed by atoms with van der Waals surface area (Å²) in [6.45, 7) is 0. The molecular formula is C22H20FNO5. The van der Waals surface area contributed by atoms with Gasteiger partial charge in [0, 0.05) is 23.4 Å². The van der Waals surface area contributed by atoms with Gasteiger partial charge in [0.15, 0.2) is 11.5 Å². The summed E-state index contributed by atoms with van der Waals surface area (Å²) < 4.78 is 34.4. The fourth-order valence-electron chi connectivity index (χ4n) is 2.67. The number of halogens is 1. The summed E-state index contributed by atoms with van der Waals surface area (Å²) in [5.41, 5.74) is 0.932. The van der Waals surface area contributed by atoms with Gasteiger partial charge in [-0.3, -0.25) is 4.79 Å². The highest BCUT2D eigenvalue weighted by molar-refractivity contribution is 6.04. The van der Waals surface area contributed by atoms with Crippen LogP contribution < -0.4 is 24.3 Å². The lowest BCUT2D eigenvalue weighted by molar-refractivity contribution is 0.102. The van der Waals surface area contributed by atoms with Crippen LogP contribution in [-0.4, -0.2) is 27.2 Å². The molecule has 0 aliphatic carbocycles. The molecule has 0 atom stereocenters. The minimum Gasteiger partial charge on any atom is -0.493 e. The van der Waals surface area contributed by atoms with Gasteiger partial charge in [0.2, 0.25) is 5.75 Å². The number of rotatable bonds is 7. The SMILES string of the molecule is COc1cc(NC(=O)c2ccc(Oc3ccc(F)cc3)cc2)cc(OC)c1OC. The molecule has 0 fully saturated rings. The fraction of sp³-hybridized carbons (Fsp3) is 0.136. The van der Waals surface area contributed by atoms with Gasteiger partial charge in [-0.25, -0.2) is 4.39 Å². The second-order valence-electron chi connectivity index (χ2n) is 5.95. The standard InChI is InChI=1S/C22H20FNO5/c1-26-19-12-16(13-20(27-2)21(19)28-3)24-22(25)14-4-8-17(9-5-14)29-18-10-6-15(23)7-11-18/h4-13H,1-3H3,(H,24,25). The molecule has 0 radical (unpaired) electrons. The normalized spacial score (nSPS) is 10.2. The maximum Gasteiger partial charge on any atom is 0.255 e. The van der Waals surface area contributed by atoms with E-state index >= 15 is 0 Å². The zero-order valence-electron chi connectivity index (χ0n) is 16.2. The number of carbonyl (C=O) groups excluding carboxylic acids is 1. The molecule has 7 heteroatoms. The largest absolute Gasteiger partial charge is 0.493 e.